The fraction of sp³-hybridized carbons (Fsp3) is 0.176. The molecule has 0 bridgehead atoms. The van der Waals surface area contributed by atoms with Crippen molar-refractivity contribution in [1.29, 1.82) is 0 Å². The highest BCUT2D eigenvalue weighted by Crippen LogP contribution is 2.34. The summed E-state index contributed by atoms with van der Waals surface area (Å²) in [6, 6.07) is 11.9. The fourth-order valence-electron chi connectivity index (χ4n) is 2.28. The van der Waals surface area contributed by atoms with Crippen LogP contribution in [0.15, 0.2) is 47.9 Å². The van der Waals surface area contributed by atoms with Crippen LogP contribution in [0, 0.1) is 0 Å². The second kappa shape index (κ2) is 6.84. The summed E-state index contributed by atoms with van der Waals surface area (Å²) < 4.78 is 37.6. The molecule has 1 unspecified atom stereocenters. The van der Waals surface area contributed by atoms with E-state index in [9.17, 15) is 8.42 Å². The Morgan fingerprint density at radius 3 is 2.58 bits per heavy atom. The number of fused-ring (bicyclic) bond motifs is 1. The number of benzene rings is 2. The molecule has 0 spiro atoms. The van der Waals surface area contributed by atoms with Gasteiger partial charge in [0.05, 0.1) is 0 Å². The number of nitrogens with one attached hydrogen (secondary N) is 1. The summed E-state index contributed by atoms with van der Waals surface area (Å²) >= 11 is 5.80. The van der Waals surface area contributed by atoms with Gasteiger partial charge in [-0.15, -0.1) is 0 Å². The molecule has 2 aromatic rings. The van der Waals surface area contributed by atoms with Gasteiger partial charge < -0.3 is 9.47 Å². The summed E-state index contributed by atoms with van der Waals surface area (Å²) in [5.74, 6) is 1.28. The van der Waals surface area contributed by atoms with E-state index < -0.39 is 16.1 Å². The predicted molar refractivity (Wildman–Crippen MR) is 93.5 cm³/mol. The second-order valence-corrected chi connectivity index (χ2v) is 7.39. The zero-order valence-corrected chi connectivity index (χ0v) is 14.5. The van der Waals surface area contributed by atoms with Crippen LogP contribution in [0.4, 0.5) is 0 Å². The molecule has 0 aromatic heterocycles. The van der Waals surface area contributed by atoms with E-state index in [2.05, 4.69) is 4.72 Å². The van der Waals surface area contributed by atoms with Gasteiger partial charge >= 0.3 is 0 Å². The van der Waals surface area contributed by atoms with Crippen LogP contribution in [0.5, 0.6) is 11.5 Å². The Bertz CT molecular complexity index is 863. The molecule has 0 radical (unpaired) electrons. The summed E-state index contributed by atoms with van der Waals surface area (Å²) in [6.45, 7) is 1.95. The van der Waals surface area contributed by atoms with Crippen molar-refractivity contribution in [3.05, 3.63) is 64.0 Å². The Kier molecular flexibility index (Phi) is 4.80. The van der Waals surface area contributed by atoms with Gasteiger partial charge in [0.2, 0.25) is 16.8 Å². The Morgan fingerprint density at radius 2 is 1.83 bits per heavy atom. The number of sulfonamides is 1. The van der Waals surface area contributed by atoms with Crippen LogP contribution in [0.25, 0.3) is 6.08 Å². The first-order valence-electron chi connectivity index (χ1n) is 7.28. The van der Waals surface area contributed by atoms with E-state index in [4.69, 9.17) is 21.1 Å². The monoisotopic (exact) mass is 365 g/mol. The Morgan fingerprint density at radius 1 is 1.12 bits per heavy atom. The maximum absolute atomic E-state index is 12.2. The second-order valence-electron chi connectivity index (χ2n) is 5.35. The van der Waals surface area contributed by atoms with Crippen LogP contribution in [-0.4, -0.2) is 15.2 Å². The third kappa shape index (κ3) is 4.08. The molecule has 1 N–H and O–H groups in total. The molecular weight excluding hydrogens is 350 g/mol. The van der Waals surface area contributed by atoms with E-state index in [1.54, 1.807) is 43.3 Å². The number of halogens is 1. The average molecular weight is 366 g/mol. The minimum absolute atomic E-state index is 0.183. The van der Waals surface area contributed by atoms with E-state index in [1.165, 1.54) is 6.08 Å². The van der Waals surface area contributed by atoms with Crippen LogP contribution >= 0.6 is 11.6 Å². The van der Waals surface area contributed by atoms with Crippen molar-refractivity contribution in [3.8, 4) is 11.5 Å². The van der Waals surface area contributed by atoms with E-state index >= 15 is 0 Å². The highest BCUT2D eigenvalue weighted by molar-refractivity contribution is 7.92. The van der Waals surface area contributed by atoms with Gasteiger partial charge in [0.25, 0.3) is 0 Å². The quantitative estimate of drug-likeness (QED) is 0.877. The summed E-state index contributed by atoms with van der Waals surface area (Å²) in [7, 11) is -3.59. The van der Waals surface area contributed by atoms with Crippen LogP contribution < -0.4 is 14.2 Å². The van der Waals surface area contributed by atoms with Gasteiger partial charge in [0.1, 0.15) is 0 Å². The molecule has 3 rings (SSSR count). The smallest absolute Gasteiger partial charge is 0.234 e. The summed E-state index contributed by atoms with van der Waals surface area (Å²) in [5, 5.41) is 1.74. The minimum Gasteiger partial charge on any atom is -0.454 e. The third-order valence-electron chi connectivity index (χ3n) is 3.55. The van der Waals surface area contributed by atoms with Crippen molar-refractivity contribution in [2.45, 2.75) is 13.0 Å². The summed E-state index contributed by atoms with van der Waals surface area (Å²) in [6.07, 6.45) is 1.52. The Labute approximate surface area is 145 Å². The molecule has 0 aliphatic carbocycles. The highest BCUT2D eigenvalue weighted by Gasteiger charge is 2.18. The minimum atomic E-state index is -3.59. The number of hydrogen-bond donors (Lipinski definition) is 1. The zero-order valence-electron chi connectivity index (χ0n) is 12.9. The Hall–Kier alpha value is -2.02. The van der Waals surface area contributed by atoms with E-state index in [0.717, 1.165) is 16.5 Å². The van der Waals surface area contributed by atoms with Gasteiger partial charge in [-0.3, -0.25) is 0 Å². The normalized spacial score (nSPS) is 14.9. The van der Waals surface area contributed by atoms with E-state index in [-0.39, 0.29) is 6.79 Å². The van der Waals surface area contributed by atoms with Gasteiger partial charge in [0, 0.05) is 16.5 Å². The summed E-state index contributed by atoms with van der Waals surface area (Å²) in [5.41, 5.74) is 1.54. The SMILES string of the molecule is CC(NS(=O)(=O)/C=C/c1ccc(Cl)cc1)c1ccc2c(c1)OCO2. The van der Waals surface area contributed by atoms with Gasteiger partial charge in [-0.1, -0.05) is 29.8 Å². The molecule has 2 aromatic carbocycles. The van der Waals surface area contributed by atoms with E-state index in [0.29, 0.717) is 16.5 Å². The first kappa shape index (κ1) is 16.8. The van der Waals surface area contributed by atoms with Crippen molar-refractivity contribution in [3.63, 3.8) is 0 Å². The van der Waals surface area contributed by atoms with Crippen molar-refractivity contribution >= 4 is 27.7 Å². The molecule has 24 heavy (non-hydrogen) atoms. The molecule has 0 fully saturated rings. The van der Waals surface area contributed by atoms with Gasteiger partial charge in [-0.05, 0) is 48.4 Å². The van der Waals surface area contributed by atoms with Gasteiger partial charge in [0.15, 0.2) is 11.5 Å². The lowest BCUT2D eigenvalue weighted by Crippen LogP contribution is -2.24. The maximum Gasteiger partial charge on any atom is 0.234 e. The van der Waals surface area contributed by atoms with Crippen LogP contribution in [0.1, 0.15) is 24.1 Å². The largest absolute Gasteiger partial charge is 0.454 e. The van der Waals surface area contributed by atoms with Gasteiger partial charge in [-0.25, -0.2) is 13.1 Å². The van der Waals surface area contributed by atoms with Crippen LogP contribution in [0.3, 0.4) is 0 Å². The van der Waals surface area contributed by atoms with Crippen molar-refractivity contribution in [1.82, 2.24) is 4.72 Å². The third-order valence-corrected chi connectivity index (χ3v) is 4.98. The van der Waals surface area contributed by atoms with Crippen LogP contribution in [0.2, 0.25) is 5.02 Å². The van der Waals surface area contributed by atoms with Crippen molar-refractivity contribution < 1.29 is 17.9 Å². The highest BCUT2D eigenvalue weighted by atomic mass is 35.5. The molecule has 0 saturated heterocycles. The standard InChI is InChI=1S/C17H16ClNO4S/c1-12(14-4-7-16-17(10-14)23-11-22-16)19-24(20,21)9-8-13-2-5-15(18)6-3-13/h2-10,12,19H,11H2,1H3/b9-8+. The molecular formula is C17H16ClNO4S. The van der Waals surface area contributed by atoms with Gasteiger partial charge in [-0.2, -0.15) is 0 Å². The van der Waals surface area contributed by atoms with E-state index in [1.807, 2.05) is 6.07 Å². The predicted octanol–water partition coefficient (Wildman–Crippen LogP) is 3.72. The van der Waals surface area contributed by atoms with Crippen molar-refractivity contribution in [2.24, 2.45) is 0 Å². The Balaban J connectivity index is 1.70. The molecule has 1 atom stereocenters. The van der Waals surface area contributed by atoms with Crippen LogP contribution in [-0.2, 0) is 10.0 Å². The first-order valence-corrected chi connectivity index (χ1v) is 9.21. The van der Waals surface area contributed by atoms with Crippen molar-refractivity contribution in [2.75, 3.05) is 6.79 Å². The first-order chi connectivity index (χ1) is 11.4. The lowest BCUT2D eigenvalue weighted by atomic mass is 10.1. The number of rotatable bonds is 5. The lowest BCUT2D eigenvalue weighted by molar-refractivity contribution is 0.174. The molecule has 1 aliphatic heterocycles. The maximum atomic E-state index is 12.2. The molecule has 1 aliphatic rings. The zero-order chi connectivity index (χ0) is 17.2. The lowest BCUT2D eigenvalue weighted by Gasteiger charge is -2.13. The number of hydrogen-bond acceptors (Lipinski definition) is 4. The topological polar surface area (TPSA) is 64.6 Å². The molecule has 0 amide bonds. The molecule has 1 heterocycles. The molecule has 5 nitrogen and oxygen atoms in total. The fourth-order valence-corrected chi connectivity index (χ4v) is 3.45. The number of ether oxygens (including phenoxy) is 2. The average Bonchev–Trinajstić information content (AvgIpc) is 3.01. The summed E-state index contributed by atoms with van der Waals surface area (Å²) in [4.78, 5) is 0. The molecule has 0 saturated carbocycles. The molecule has 7 heteroatoms. The molecule has 126 valence electrons.